The summed E-state index contributed by atoms with van der Waals surface area (Å²) in [6.07, 6.45) is 2.08. The first-order valence-corrected chi connectivity index (χ1v) is 6.99. The number of likely N-dealkylation sites (tertiary alicyclic amines) is 1. The van der Waals surface area contributed by atoms with Gasteiger partial charge >= 0.3 is 0 Å². The second kappa shape index (κ2) is 7.24. The van der Waals surface area contributed by atoms with E-state index >= 15 is 0 Å². The van der Waals surface area contributed by atoms with E-state index in [9.17, 15) is 14.3 Å². The molecule has 1 N–H and O–H groups in total. The molecule has 4 nitrogen and oxygen atoms in total. The number of aliphatic hydroxyl groups is 1. The normalized spacial score (nSPS) is 16.2. The van der Waals surface area contributed by atoms with Crippen LogP contribution in [0.1, 0.15) is 25.7 Å². The lowest BCUT2D eigenvalue weighted by atomic mass is 10.1. The fraction of sp³-hybridized carbons (Fsp3) is 0.533. The highest BCUT2D eigenvalue weighted by molar-refractivity contribution is 5.76. The SMILES string of the molecule is O=C(CCCOc1cccc(F)c1)N1CCC(O)CC1. The molecule has 1 aromatic carbocycles. The van der Waals surface area contributed by atoms with Crippen LogP contribution in [0.15, 0.2) is 24.3 Å². The van der Waals surface area contributed by atoms with E-state index in [1.165, 1.54) is 12.1 Å². The predicted molar refractivity (Wildman–Crippen MR) is 72.9 cm³/mol. The molecule has 0 unspecified atom stereocenters. The van der Waals surface area contributed by atoms with Crippen molar-refractivity contribution in [1.82, 2.24) is 4.90 Å². The van der Waals surface area contributed by atoms with Gasteiger partial charge < -0.3 is 14.7 Å². The predicted octanol–water partition coefficient (Wildman–Crippen LogP) is 1.97. The minimum absolute atomic E-state index is 0.0970. The van der Waals surface area contributed by atoms with E-state index in [0.717, 1.165) is 0 Å². The fourth-order valence-electron chi connectivity index (χ4n) is 2.24. The van der Waals surface area contributed by atoms with Crippen LogP contribution in [0, 0.1) is 5.82 Å². The third-order valence-corrected chi connectivity index (χ3v) is 3.42. The molecule has 2 rings (SSSR count). The first-order chi connectivity index (χ1) is 9.65. The average molecular weight is 281 g/mol. The molecule has 0 aliphatic carbocycles. The first kappa shape index (κ1) is 14.8. The van der Waals surface area contributed by atoms with Gasteiger partial charge in [-0.1, -0.05) is 6.07 Å². The zero-order chi connectivity index (χ0) is 14.4. The Kier molecular flexibility index (Phi) is 5.35. The molecule has 1 saturated heterocycles. The summed E-state index contributed by atoms with van der Waals surface area (Å²) >= 11 is 0. The van der Waals surface area contributed by atoms with Crippen molar-refractivity contribution in [3.05, 3.63) is 30.1 Å². The van der Waals surface area contributed by atoms with E-state index in [1.807, 2.05) is 0 Å². The average Bonchev–Trinajstić information content (AvgIpc) is 2.44. The number of amides is 1. The summed E-state index contributed by atoms with van der Waals surface area (Å²) in [6.45, 7) is 1.65. The van der Waals surface area contributed by atoms with E-state index in [-0.39, 0.29) is 17.8 Å². The smallest absolute Gasteiger partial charge is 0.222 e. The van der Waals surface area contributed by atoms with Gasteiger partial charge in [0, 0.05) is 25.6 Å². The zero-order valence-electron chi connectivity index (χ0n) is 11.4. The van der Waals surface area contributed by atoms with Crippen molar-refractivity contribution in [1.29, 1.82) is 0 Å². The third kappa shape index (κ3) is 4.49. The lowest BCUT2D eigenvalue weighted by molar-refractivity contribution is -0.133. The minimum Gasteiger partial charge on any atom is -0.493 e. The molecule has 0 radical (unpaired) electrons. The highest BCUT2D eigenvalue weighted by atomic mass is 19.1. The van der Waals surface area contributed by atoms with Crippen LogP contribution in [-0.2, 0) is 4.79 Å². The number of carbonyl (C=O) groups is 1. The molecule has 1 heterocycles. The summed E-state index contributed by atoms with van der Waals surface area (Å²) in [6, 6.07) is 5.97. The van der Waals surface area contributed by atoms with E-state index in [0.29, 0.717) is 51.1 Å². The lowest BCUT2D eigenvalue weighted by Gasteiger charge is -2.29. The van der Waals surface area contributed by atoms with E-state index in [2.05, 4.69) is 0 Å². The van der Waals surface area contributed by atoms with Gasteiger partial charge in [-0.2, -0.15) is 0 Å². The van der Waals surface area contributed by atoms with Gasteiger partial charge in [-0.05, 0) is 31.4 Å². The number of benzene rings is 1. The van der Waals surface area contributed by atoms with Crippen LogP contribution in [0.25, 0.3) is 0 Å². The summed E-state index contributed by atoms with van der Waals surface area (Å²) in [5.74, 6) is 0.253. The highest BCUT2D eigenvalue weighted by Crippen LogP contribution is 2.14. The van der Waals surface area contributed by atoms with Crippen molar-refractivity contribution in [3.8, 4) is 5.75 Å². The Morgan fingerprint density at radius 3 is 2.85 bits per heavy atom. The van der Waals surface area contributed by atoms with Gasteiger partial charge in [0.05, 0.1) is 12.7 Å². The summed E-state index contributed by atoms with van der Waals surface area (Å²) < 4.78 is 18.3. The van der Waals surface area contributed by atoms with E-state index in [1.54, 1.807) is 17.0 Å². The van der Waals surface area contributed by atoms with Gasteiger partial charge in [0.25, 0.3) is 0 Å². The molecule has 0 atom stereocenters. The number of piperidine rings is 1. The van der Waals surface area contributed by atoms with Crippen molar-refractivity contribution in [3.63, 3.8) is 0 Å². The third-order valence-electron chi connectivity index (χ3n) is 3.42. The summed E-state index contributed by atoms with van der Waals surface area (Å²) in [5, 5.41) is 9.38. The number of nitrogens with zero attached hydrogens (tertiary/aromatic N) is 1. The number of aliphatic hydroxyl groups excluding tert-OH is 1. The Morgan fingerprint density at radius 2 is 2.15 bits per heavy atom. The molecule has 0 saturated carbocycles. The van der Waals surface area contributed by atoms with Crippen LogP contribution in [0.4, 0.5) is 4.39 Å². The van der Waals surface area contributed by atoms with Gasteiger partial charge in [-0.25, -0.2) is 4.39 Å². The van der Waals surface area contributed by atoms with Crippen molar-refractivity contribution in [2.45, 2.75) is 31.8 Å². The number of ether oxygens (including phenoxy) is 1. The van der Waals surface area contributed by atoms with Crippen LogP contribution in [0.5, 0.6) is 5.75 Å². The van der Waals surface area contributed by atoms with Crippen LogP contribution in [0.3, 0.4) is 0 Å². The summed E-state index contributed by atoms with van der Waals surface area (Å²) in [7, 11) is 0. The van der Waals surface area contributed by atoms with Crippen molar-refractivity contribution < 1.29 is 19.0 Å². The van der Waals surface area contributed by atoms with E-state index < -0.39 is 0 Å². The maximum Gasteiger partial charge on any atom is 0.222 e. The van der Waals surface area contributed by atoms with Crippen LogP contribution < -0.4 is 4.74 Å². The highest BCUT2D eigenvalue weighted by Gasteiger charge is 2.20. The molecule has 1 fully saturated rings. The Hall–Kier alpha value is -1.62. The monoisotopic (exact) mass is 281 g/mol. The molecular formula is C15H20FNO3. The molecule has 110 valence electrons. The molecular weight excluding hydrogens is 261 g/mol. The quantitative estimate of drug-likeness (QED) is 0.839. The standard InChI is InChI=1S/C15H20FNO3/c16-12-3-1-4-14(11-12)20-10-2-5-15(19)17-8-6-13(18)7-9-17/h1,3-4,11,13,18H,2,5-10H2. The number of hydrogen-bond donors (Lipinski definition) is 1. The van der Waals surface area contributed by atoms with Crippen molar-refractivity contribution in [2.75, 3.05) is 19.7 Å². The minimum atomic E-state index is -0.328. The Labute approximate surface area is 118 Å². The molecule has 1 aliphatic rings. The first-order valence-electron chi connectivity index (χ1n) is 6.99. The molecule has 0 aromatic heterocycles. The molecule has 1 amide bonds. The Balaban J connectivity index is 1.64. The van der Waals surface area contributed by atoms with Crippen LogP contribution >= 0.6 is 0 Å². The molecule has 0 bridgehead atoms. The number of rotatable bonds is 5. The second-order valence-corrected chi connectivity index (χ2v) is 5.02. The maximum absolute atomic E-state index is 12.9. The Morgan fingerprint density at radius 1 is 1.40 bits per heavy atom. The van der Waals surface area contributed by atoms with Crippen molar-refractivity contribution in [2.24, 2.45) is 0 Å². The summed E-state index contributed by atoms with van der Waals surface area (Å²) in [5.41, 5.74) is 0. The van der Waals surface area contributed by atoms with Gasteiger partial charge in [0.1, 0.15) is 11.6 Å². The molecule has 0 spiro atoms. The van der Waals surface area contributed by atoms with Gasteiger partial charge in [0.2, 0.25) is 5.91 Å². The van der Waals surface area contributed by atoms with Crippen LogP contribution in [-0.4, -0.2) is 41.7 Å². The second-order valence-electron chi connectivity index (χ2n) is 5.02. The zero-order valence-corrected chi connectivity index (χ0v) is 11.4. The lowest BCUT2D eigenvalue weighted by Crippen LogP contribution is -2.40. The number of halogens is 1. The van der Waals surface area contributed by atoms with E-state index in [4.69, 9.17) is 4.74 Å². The summed E-state index contributed by atoms with van der Waals surface area (Å²) in [4.78, 5) is 13.7. The number of carbonyl (C=O) groups excluding carboxylic acids is 1. The van der Waals surface area contributed by atoms with Gasteiger partial charge in [-0.15, -0.1) is 0 Å². The van der Waals surface area contributed by atoms with Crippen molar-refractivity contribution >= 4 is 5.91 Å². The topological polar surface area (TPSA) is 49.8 Å². The molecule has 20 heavy (non-hydrogen) atoms. The van der Waals surface area contributed by atoms with Crippen LogP contribution in [0.2, 0.25) is 0 Å². The molecule has 1 aliphatic heterocycles. The fourth-order valence-corrected chi connectivity index (χ4v) is 2.24. The number of hydrogen-bond acceptors (Lipinski definition) is 3. The maximum atomic E-state index is 12.9. The molecule has 5 heteroatoms. The Bertz CT molecular complexity index is 444. The molecule has 1 aromatic rings. The largest absolute Gasteiger partial charge is 0.493 e. The van der Waals surface area contributed by atoms with Gasteiger partial charge in [-0.3, -0.25) is 4.79 Å². The van der Waals surface area contributed by atoms with Gasteiger partial charge in [0.15, 0.2) is 0 Å².